The molecule has 90 valence electrons. The molecule has 1 aromatic rings. The maximum absolute atomic E-state index is 5.86. The van der Waals surface area contributed by atoms with Crippen LogP contribution in [0.2, 0.25) is 4.34 Å². The third-order valence-corrected chi connectivity index (χ3v) is 3.99. The normalized spacial score (nSPS) is 25.1. The zero-order valence-corrected chi connectivity index (χ0v) is 10.7. The first-order valence-corrected chi connectivity index (χ1v) is 6.78. The van der Waals surface area contributed by atoms with Crippen LogP contribution >= 0.6 is 22.9 Å². The average Bonchev–Trinajstić information content (AvgIpc) is 2.88. The molecule has 1 aliphatic rings. The van der Waals surface area contributed by atoms with Crippen molar-refractivity contribution in [1.82, 2.24) is 5.32 Å². The highest BCUT2D eigenvalue weighted by molar-refractivity contribution is 7.16. The Morgan fingerprint density at radius 3 is 2.88 bits per heavy atom. The van der Waals surface area contributed by atoms with Crippen molar-refractivity contribution >= 4 is 22.9 Å². The Bertz CT molecular complexity index is 332. The van der Waals surface area contributed by atoms with Gasteiger partial charge in [-0.25, -0.2) is 0 Å². The van der Waals surface area contributed by atoms with E-state index in [1.165, 1.54) is 4.88 Å². The number of thiophene rings is 1. The van der Waals surface area contributed by atoms with Crippen LogP contribution in [0.25, 0.3) is 0 Å². The van der Waals surface area contributed by atoms with Gasteiger partial charge in [-0.3, -0.25) is 0 Å². The molecular weight excluding hydrogens is 244 g/mol. The maximum Gasteiger partial charge on any atom is 0.0931 e. The van der Waals surface area contributed by atoms with Crippen molar-refractivity contribution in [3.63, 3.8) is 0 Å². The summed E-state index contributed by atoms with van der Waals surface area (Å²) in [6, 6.07) is 3.98. The van der Waals surface area contributed by atoms with E-state index in [2.05, 4.69) is 11.4 Å². The van der Waals surface area contributed by atoms with Gasteiger partial charge in [-0.15, -0.1) is 11.3 Å². The molecule has 3 nitrogen and oxygen atoms in total. The molecule has 2 rings (SSSR count). The van der Waals surface area contributed by atoms with Gasteiger partial charge in [0.1, 0.15) is 0 Å². The Labute approximate surface area is 105 Å². The minimum atomic E-state index is 0.267. The fourth-order valence-corrected chi connectivity index (χ4v) is 2.96. The standard InChI is InChI=1S/C11H17ClN2OS/c12-11-4-3-10(16-11)7-14-6-9-2-1-8(5-13)15-9/h3-4,8-9,14H,1-2,5-7,13H2. The molecule has 0 amide bonds. The van der Waals surface area contributed by atoms with Crippen molar-refractivity contribution < 1.29 is 4.74 Å². The molecular formula is C11H17ClN2OS. The molecule has 1 aromatic heterocycles. The smallest absolute Gasteiger partial charge is 0.0931 e. The number of hydrogen-bond acceptors (Lipinski definition) is 4. The van der Waals surface area contributed by atoms with Crippen LogP contribution < -0.4 is 11.1 Å². The van der Waals surface area contributed by atoms with Gasteiger partial charge in [-0.05, 0) is 25.0 Å². The van der Waals surface area contributed by atoms with E-state index in [4.69, 9.17) is 22.1 Å². The van der Waals surface area contributed by atoms with Crippen molar-refractivity contribution in [2.24, 2.45) is 5.73 Å². The van der Waals surface area contributed by atoms with E-state index in [0.29, 0.717) is 12.6 Å². The molecule has 3 N–H and O–H groups in total. The van der Waals surface area contributed by atoms with Crippen LogP contribution in [0.5, 0.6) is 0 Å². The predicted molar refractivity (Wildman–Crippen MR) is 68.0 cm³/mol. The van der Waals surface area contributed by atoms with Crippen molar-refractivity contribution in [3.8, 4) is 0 Å². The van der Waals surface area contributed by atoms with Gasteiger partial charge in [0.05, 0.1) is 16.5 Å². The minimum absolute atomic E-state index is 0.267. The molecule has 1 aliphatic heterocycles. The lowest BCUT2D eigenvalue weighted by Crippen LogP contribution is -2.28. The SMILES string of the molecule is NCC1CCC(CNCc2ccc(Cl)s2)O1. The molecule has 1 fully saturated rings. The first-order chi connectivity index (χ1) is 7.78. The van der Waals surface area contributed by atoms with Gasteiger partial charge in [-0.2, -0.15) is 0 Å². The van der Waals surface area contributed by atoms with Crippen molar-refractivity contribution in [2.45, 2.75) is 31.6 Å². The summed E-state index contributed by atoms with van der Waals surface area (Å²) in [6.07, 6.45) is 2.79. The van der Waals surface area contributed by atoms with Crippen LogP contribution in [-0.2, 0) is 11.3 Å². The van der Waals surface area contributed by atoms with E-state index in [1.807, 2.05) is 6.07 Å². The second-order valence-corrected chi connectivity index (χ2v) is 5.83. The summed E-state index contributed by atoms with van der Waals surface area (Å²) in [4.78, 5) is 1.26. The third kappa shape index (κ3) is 3.43. The van der Waals surface area contributed by atoms with Crippen molar-refractivity contribution in [1.29, 1.82) is 0 Å². The number of nitrogens with two attached hydrogens (primary N) is 1. The summed E-state index contributed by atoms with van der Waals surface area (Å²) in [5.74, 6) is 0. The first kappa shape index (κ1) is 12.3. The summed E-state index contributed by atoms with van der Waals surface area (Å²) in [7, 11) is 0. The Hall–Kier alpha value is -0.130. The van der Waals surface area contributed by atoms with Crippen LogP contribution in [0.3, 0.4) is 0 Å². The van der Waals surface area contributed by atoms with Crippen LogP contribution in [0.15, 0.2) is 12.1 Å². The summed E-state index contributed by atoms with van der Waals surface area (Å²) >= 11 is 7.47. The molecule has 0 saturated carbocycles. The van der Waals surface area contributed by atoms with E-state index >= 15 is 0 Å². The van der Waals surface area contributed by atoms with Gasteiger partial charge in [0.15, 0.2) is 0 Å². The Morgan fingerprint density at radius 2 is 2.25 bits per heavy atom. The zero-order valence-electron chi connectivity index (χ0n) is 9.12. The fourth-order valence-electron chi connectivity index (χ4n) is 1.91. The Morgan fingerprint density at radius 1 is 1.44 bits per heavy atom. The topological polar surface area (TPSA) is 47.3 Å². The van der Waals surface area contributed by atoms with Gasteiger partial charge in [0.25, 0.3) is 0 Å². The minimum Gasteiger partial charge on any atom is -0.372 e. The van der Waals surface area contributed by atoms with Crippen molar-refractivity contribution in [3.05, 3.63) is 21.3 Å². The zero-order chi connectivity index (χ0) is 11.4. The van der Waals surface area contributed by atoms with Crippen LogP contribution in [0, 0.1) is 0 Å². The van der Waals surface area contributed by atoms with Gasteiger partial charge in [0.2, 0.25) is 0 Å². The van der Waals surface area contributed by atoms with Gasteiger partial charge < -0.3 is 15.8 Å². The second-order valence-electron chi connectivity index (χ2n) is 4.03. The summed E-state index contributed by atoms with van der Waals surface area (Å²) in [6.45, 7) is 2.40. The van der Waals surface area contributed by atoms with E-state index < -0.39 is 0 Å². The highest BCUT2D eigenvalue weighted by Gasteiger charge is 2.23. The van der Waals surface area contributed by atoms with E-state index in [-0.39, 0.29) is 6.10 Å². The summed E-state index contributed by atoms with van der Waals surface area (Å²) in [5, 5.41) is 3.39. The van der Waals surface area contributed by atoms with E-state index in [1.54, 1.807) is 11.3 Å². The molecule has 0 aliphatic carbocycles. The molecule has 0 radical (unpaired) electrons. The molecule has 0 bridgehead atoms. The molecule has 5 heteroatoms. The molecule has 2 atom stereocenters. The maximum atomic E-state index is 5.86. The highest BCUT2D eigenvalue weighted by Crippen LogP contribution is 2.21. The number of nitrogens with one attached hydrogen (secondary N) is 1. The van der Waals surface area contributed by atoms with E-state index in [0.717, 1.165) is 30.3 Å². The second kappa shape index (κ2) is 5.98. The lowest BCUT2D eigenvalue weighted by molar-refractivity contribution is 0.0504. The lowest BCUT2D eigenvalue weighted by atomic mass is 10.2. The van der Waals surface area contributed by atoms with Gasteiger partial charge in [0, 0.05) is 24.5 Å². The molecule has 2 unspecified atom stereocenters. The fraction of sp³-hybridized carbons (Fsp3) is 0.636. The Kier molecular flexibility index (Phi) is 4.61. The van der Waals surface area contributed by atoms with Crippen LogP contribution in [0.1, 0.15) is 17.7 Å². The lowest BCUT2D eigenvalue weighted by Gasteiger charge is -2.12. The number of halogens is 1. The monoisotopic (exact) mass is 260 g/mol. The van der Waals surface area contributed by atoms with Crippen LogP contribution in [-0.4, -0.2) is 25.3 Å². The quantitative estimate of drug-likeness (QED) is 0.851. The average molecular weight is 261 g/mol. The van der Waals surface area contributed by atoms with Gasteiger partial charge >= 0.3 is 0 Å². The predicted octanol–water partition coefficient (Wildman–Crippen LogP) is 2.00. The van der Waals surface area contributed by atoms with E-state index in [9.17, 15) is 0 Å². The number of ether oxygens (including phenoxy) is 1. The molecule has 16 heavy (non-hydrogen) atoms. The highest BCUT2D eigenvalue weighted by atomic mass is 35.5. The third-order valence-electron chi connectivity index (χ3n) is 2.76. The molecule has 0 aromatic carbocycles. The summed E-state index contributed by atoms with van der Waals surface area (Å²) < 4.78 is 6.59. The number of hydrogen-bond donors (Lipinski definition) is 2. The van der Waals surface area contributed by atoms with Crippen molar-refractivity contribution in [2.75, 3.05) is 13.1 Å². The molecule has 1 saturated heterocycles. The number of rotatable bonds is 5. The van der Waals surface area contributed by atoms with Crippen LogP contribution in [0.4, 0.5) is 0 Å². The Balaban J connectivity index is 1.65. The molecule has 2 heterocycles. The first-order valence-electron chi connectivity index (χ1n) is 5.58. The largest absolute Gasteiger partial charge is 0.372 e. The molecule has 0 spiro atoms. The van der Waals surface area contributed by atoms with Gasteiger partial charge in [-0.1, -0.05) is 11.6 Å². The summed E-state index contributed by atoms with van der Waals surface area (Å²) in [5.41, 5.74) is 5.56.